The number of imide groups is 1. The van der Waals surface area contributed by atoms with E-state index >= 15 is 0 Å². The second-order valence-corrected chi connectivity index (χ2v) is 11.5. The summed E-state index contributed by atoms with van der Waals surface area (Å²) in [6.45, 7) is 12.3. The van der Waals surface area contributed by atoms with Crippen molar-refractivity contribution in [3.8, 4) is 11.3 Å². The molecule has 2 saturated heterocycles. The summed E-state index contributed by atoms with van der Waals surface area (Å²) in [4.78, 5) is 34.3. The summed E-state index contributed by atoms with van der Waals surface area (Å²) in [5.74, 6) is -0.479. The lowest BCUT2D eigenvalue weighted by Crippen LogP contribution is -2.49. The number of hydrogen-bond acceptors (Lipinski definition) is 6. The highest BCUT2D eigenvalue weighted by Gasteiger charge is 2.72. The van der Waals surface area contributed by atoms with Gasteiger partial charge in [-0.15, -0.1) is 0 Å². The summed E-state index contributed by atoms with van der Waals surface area (Å²) < 4.78 is 1.78. The van der Waals surface area contributed by atoms with E-state index in [2.05, 4.69) is 34.1 Å². The Labute approximate surface area is 215 Å². The van der Waals surface area contributed by atoms with Gasteiger partial charge < -0.3 is 5.32 Å². The molecule has 1 N–H and O–H groups in total. The Balaban J connectivity index is 1.36. The largest absolute Gasteiger partial charge is 0.314 e. The lowest BCUT2D eigenvalue weighted by Gasteiger charge is -2.34. The Bertz CT molecular complexity index is 1370. The highest BCUT2D eigenvalue weighted by molar-refractivity contribution is 6.31. The molecule has 9 heteroatoms. The maximum atomic E-state index is 12.9. The van der Waals surface area contributed by atoms with Crippen LogP contribution in [0.4, 0.5) is 0 Å². The predicted molar refractivity (Wildman–Crippen MR) is 137 cm³/mol. The van der Waals surface area contributed by atoms with Crippen LogP contribution in [0.1, 0.15) is 37.5 Å². The Morgan fingerprint density at radius 2 is 1.89 bits per heavy atom. The Morgan fingerprint density at radius 3 is 2.61 bits per heavy atom. The number of likely N-dealkylation sites (tertiary alicyclic amines) is 1. The first kappa shape index (κ1) is 23.6. The molecule has 2 amide bonds. The standard InChI is InChI=1S/C27H31ClN6O2/c1-15-7-18(28)9-19(20(15)13-32-6-5-29-10-16(32)2)24-21-8-17(12-34(21)31-14-30-24)11-33-25(35)22-23(26(33)36)27(22,3)4/h7-9,12,14,16,22-23,29H,5-6,10-11,13H2,1-4H3. The SMILES string of the molecule is Cc1cc(Cl)cc(-c2ncnn3cc(CN4C(=O)C5C(C4=O)C5(C)C)cc23)c1CN1CCNCC1C. The molecular weight excluding hydrogens is 476 g/mol. The number of carbonyl (C=O) groups is 2. The first-order valence-electron chi connectivity index (χ1n) is 12.6. The lowest BCUT2D eigenvalue weighted by atomic mass is 9.97. The summed E-state index contributed by atoms with van der Waals surface area (Å²) in [6, 6.07) is 6.40. The second kappa shape index (κ2) is 8.36. The molecule has 0 radical (unpaired) electrons. The molecule has 3 unspecified atom stereocenters. The number of nitrogens with one attached hydrogen (secondary N) is 1. The fraction of sp³-hybridized carbons (Fsp3) is 0.481. The molecule has 3 fully saturated rings. The van der Waals surface area contributed by atoms with E-state index < -0.39 is 0 Å². The zero-order valence-corrected chi connectivity index (χ0v) is 21.8. The second-order valence-electron chi connectivity index (χ2n) is 11.1. The normalized spacial score (nSPS) is 25.6. The average Bonchev–Trinajstić information content (AvgIpc) is 3.08. The summed E-state index contributed by atoms with van der Waals surface area (Å²) in [5.41, 5.74) is 5.58. The summed E-state index contributed by atoms with van der Waals surface area (Å²) in [6.07, 6.45) is 3.43. The number of piperidine rings is 1. The fourth-order valence-corrected chi connectivity index (χ4v) is 6.41. The van der Waals surface area contributed by atoms with Crippen molar-refractivity contribution in [1.82, 2.24) is 29.7 Å². The third-order valence-corrected chi connectivity index (χ3v) is 8.61. The third kappa shape index (κ3) is 3.66. The van der Waals surface area contributed by atoms with Crippen LogP contribution < -0.4 is 5.32 Å². The maximum Gasteiger partial charge on any atom is 0.233 e. The van der Waals surface area contributed by atoms with Gasteiger partial charge in [0.15, 0.2) is 0 Å². The highest BCUT2D eigenvalue weighted by atomic mass is 35.5. The van der Waals surface area contributed by atoms with E-state index in [1.165, 1.54) is 10.5 Å². The van der Waals surface area contributed by atoms with Gasteiger partial charge in [0, 0.05) is 49.0 Å². The molecule has 3 aliphatic rings. The van der Waals surface area contributed by atoms with Crippen molar-refractivity contribution >= 4 is 28.9 Å². The molecular formula is C27H31ClN6O2. The van der Waals surface area contributed by atoms with Crippen LogP contribution >= 0.6 is 11.6 Å². The number of aromatic nitrogens is 3. The molecule has 4 heterocycles. The Morgan fingerprint density at radius 1 is 1.14 bits per heavy atom. The van der Waals surface area contributed by atoms with Crippen molar-refractivity contribution < 1.29 is 9.59 Å². The number of fused-ring (bicyclic) bond motifs is 2. The minimum absolute atomic E-state index is 0.0607. The molecule has 3 aromatic rings. The minimum atomic E-state index is -0.211. The van der Waals surface area contributed by atoms with Crippen LogP contribution in [0.3, 0.4) is 0 Å². The van der Waals surface area contributed by atoms with Gasteiger partial charge >= 0.3 is 0 Å². The van der Waals surface area contributed by atoms with E-state index in [-0.39, 0.29) is 35.6 Å². The van der Waals surface area contributed by atoms with Crippen molar-refractivity contribution in [2.75, 3.05) is 19.6 Å². The van der Waals surface area contributed by atoms with Crippen molar-refractivity contribution in [3.05, 3.63) is 52.4 Å². The van der Waals surface area contributed by atoms with Gasteiger partial charge in [0.1, 0.15) is 6.33 Å². The number of nitrogens with zero attached hydrogens (tertiary/aromatic N) is 5. The number of rotatable bonds is 5. The highest BCUT2D eigenvalue weighted by Crippen LogP contribution is 2.63. The van der Waals surface area contributed by atoms with E-state index in [0.717, 1.165) is 54.1 Å². The van der Waals surface area contributed by atoms with Crippen LogP contribution in [0.5, 0.6) is 0 Å². The van der Waals surface area contributed by atoms with E-state index in [1.54, 1.807) is 10.8 Å². The van der Waals surface area contributed by atoms with Crippen LogP contribution in [-0.2, 0) is 22.7 Å². The van der Waals surface area contributed by atoms with Crippen LogP contribution in [0.15, 0.2) is 30.7 Å². The molecule has 8 nitrogen and oxygen atoms in total. The van der Waals surface area contributed by atoms with E-state index in [9.17, 15) is 9.59 Å². The predicted octanol–water partition coefficient (Wildman–Crippen LogP) is 3.29. The summed E-state index contributed by atoms with van der Waals surface area (Å²) in [5, 5.41) is 8.53. The molecule has 3 atom stereocenters. The van der Waals surface area contributed by atoms with E-state index in [4.69, 9.17) is 11.6 Å². The molecule has 1 aromatic carbocycles. The zero-order chi connectivity index (χ0) is 25.4. The van der Waals surface area contributed by atoms with Crippen molar-refractivity contribution in [3.63, 3.8) is 0 Å². The van der Waals surface area contributed by atoms with E-state index in [1.807, 2.05) is 38.2 Å². The lowest BCUT2D eigenvalue weighted by molar-refractivity contribution is -0.143. The van der Waals surface area contributed by atoms with Crippen LogP contribution in [0.2, 0.25) is 5.02 Å². The summed E-state index contributed by atoms with van der Waals surface area (Å²) in [7, 11) is 0. The van der Waals surface area contributed by atoms with Gasteiger partial charge in [0.25, 0.3) is 0 Å². The van der Waals surface area contributed by atoms with Crippen molar-refractivity contribution in [2.24, 2.45) is 17.3 Å². The summed E-state index contributed by atoms with van der Waals surface area (Å²) >= 11 is 6.53. The number of halogens is 1. The van der Waals surface area contributed by atoms with E-state index in [0.29, 0.717) is 11.1 Å². The molecule has 6 rings (SSSR count). The number of amides is 2. The quantitative estimate of drug-likeness (QED) is 0.535. The topological polar surface area (TPSA) is 82.8 Å². The number of hydrogen-bond donors (Lipinski definition) is 1. The number of piperazine rings is 1. The monoisotopic (exact) mass is 506 g/mol. The zero-order valence-electron chi connectivity index (χ0n) is 21.1. The maximum absolute atomic E-state index is 12.9. The van der Waals surface area contributed by atoms with Crippen LogP contribution in [0.25, 0.3) is 16.8 Å². The molecule has 188 valence electrons. The molecule has 0 spiro atoms. The molecule has 1 saturated carbocycles. The van der Waals surface area contributed by atoms with Crippen LogP contribution in [-0.4, -0.2) is 61.9 Å². The molecule has 2 aliphatic heterocycles. The fourth-order valence-electron chi connectivity index (χ4n) is 6.13. The van der Waals surface area contributed by atoms with Gasteiger partial charge in [0.2, 0.25) is 11.8 Å². The first-order chi connectivity index (χ1) is 17.2. The van der Waals surface area contributed by atoms with Crippen molar-refractivity contribution in [1.29, 1.82) is 0 Å². The first-order valence-corrected chi connectivity index (χ1v) is 13.0. The number of carbonyl (C=O) groups excluding carboxylic acids is 2. The average molecular weight is 507 g/mol. The van der Waals surface area contributed by atoms with Gasteiger partial charge in [-0.3, -0.25) is 19.4 Å². The van der Waals surface area contributed by atoms with Gasteiger partial charge in [-0.05, 0) is 54.2 Å². The molecule has 36 heavy (non-hydrogen) atoms. The Hall–Kier alpha value is -2.81. The van der Waals surface area contributed by atoms with Gasteiger partial charge in [-0.1, -0.05) is 25.4 Å². The third-order valence-electron chi connectivity index (χ3n) is 8.39. The molecule has 2 aromatic heterocycles. The molecule has 0 bridgehead atoms. The number of aryl methyl sites for hydroxylation is 1. The van der Waals surface area contributed by atoms with Gasteiger partial charge in [-0.2, -0.15) is 5.10 Å². The van der Waals surface area contributed by atoms with Crippen LogP contribution in [0, 0.1) is 24.2 Å². The Kier molecular flexibility index (Phi) is 5.48. The van der Waals surface area contributed by atoms with Gasteiger partial charge in [0.05, 0.1) is 29.6 Å². The smallest absolute Gasteiger partial charge is 0.233 e. The minimum Gasteiger partial charge on any atom is -0.314 e. The molecule has 1 aliphatic carbocycles. The number of benzene rings is 1. The van der Waals surface area contributed by atoms with Gasteiger partial charge in [-0.25, -0.2) is 9.50 Å². The van der Waals surface area contributed by atoms with Crippen molar-refractivity contribution in [2.45, 2.75) is 46.8 Å².